The fraction of sp³-hybridized carbons (Fsp3) is 0. The number of carbonyl (C=O) groups excluding carboxylic acids is 3. The number of carbonyl (C=O) groups is 3. The molecular formula is C18H8B2N2O4. The highest BCUT2D eigenvalue weighted by atomic mass is 16.3. The van der Waals surface area contributed by atoms with E-state index in [1.54, 1.807) is 47.6 Å². The Balaban J connectivity index is 1.74. The Kier molecular flexibility index (Phi) is 3.61. The van der Waals surface area contributed by atoms with Crippen molar-refractivity contribution in [2.24, 2.45) is 0 Å². The first-order valence-electron chi connectivity index (χ1n) is 7.58. The second-order valence-electron chi connectivity index (χ2n) is 5.69. The number of allylic oxidation sites excluding steroid dienone is 1. The summed E-state index contributed by atoms with van der Waals surface area (Å²) in [6, 6.07) is 6.70. The Hall–Kier alpha value is -3.41. The van der Waals surface area contributed by atoms with Crippen LogP contribution in [0.2, 0.25) is 0 Å². The molecule has 0 spiro atoms. The molecule has 1 aliphatic carbocycles. The molecule has 0 amide bonds. The Morgan fingerprint density at radius 3 is 2.42 bits per heavy atom. The molecule has 2 heterocycles. The summed E-state index contributed by atoms with van der Waals surface area (Å²) >= 11 is 0. The molecule has 120 valence electrons. The zero-order valence-corrected chi connectivity index (χ0v) is 13.3. The predicted molar refractivity (Wildman–Crippen MR) is 93.5 cm³/mol. The van der Waals surface area contributed by atoms with Crippen molar-refractivity contribution in [1.29, 1.82) is 0 Å². The maximum atomic E-state index is 12.8. The third-order valence-corrected chi connectivity index (χ3v) is 4.18. The van der Waals surface area contributed by atoms with Crippen molar-refractivity contribution in [1.82, 2.24) is 9.55 Å². The molecule has 0 N–H and O–H groups in total. The summed E-state index contributed by atoms with van der Waals surface area (Å²) in [5.74, 6) is -2.35. The molecule has 0 bridgehead atoms. The topological polar surface area (TPSA) is 82.2 Å². The van der Waals surface area contributed by atoms with Gasteiger partial charge in [-0.25, -0.2) is 4.98 Å². The summed E-state index contributed by atoms with van der Waals surface area (Å²) in [5, 5.41) is 0. The molecule has 3 aromatic rings. The van der Waals surface area contributed by atoms with Crippen LogP contribution in [0.1, 0.15) is 32.0 Å². The average molecular weight is 338 g/mol. The van der Waals surface area contributed by atoms with Crippen LogP contribution in [0.3, 0.4) is 0 Å². The molecule has 0 atom stereocenters. The average Bonchev–Trinajstić information content (AvgIpc) is 3.34. The standard InChI is InChI=1S/C18H8B2N2O4/c19-13-14(20)18-12(16(24)17(13)25)11(7-26-18)15(23)9-1-3-10(4-2-9)22-6-5-21-8-22/h1-8H. The third-order valence-electron chi connectivity index (χ3n) is 4.18. The minimum absolute atomic E-state index is 0.0239. The second kappa shape index (κ2) is 5.84. The number of ketones is 3. The van der Waals surface area contributed by atoms with Crippen molar-refractivity contribution in [3.8, 4) is 5.69 Å². The number of hydrogen-bond donors (Lipinski definition) is 0. The largest absolute Gasteiger partial charge is 0.464 e. The number of nitrogens with zero attached hydrogens (tertiary/aromatic N) is 2. The number of benzene rings is 1. The first-order chi connectivity index (χ1) is 12.5. The lowest BCUT2D eigenvalue weighted by molar-refractivity contribution is -0.111. The van der Waals surface area contributed by atoms with E-state index in [2.05, 4.69) is 4.98 Å². The Labute approximate surface area is 150 Å². The van der Waals surface area contributed by atoms with Gasteiger partial charge in [-0.3, -0.25) is 14.4 Å². The highest BCUT2D eigenvalue weighted by molar-refractivity contribution is 6.68. The monoisotopic (exact) mass is 338 g/mol. The first-order valence-corrected chi connectivity index (χ1v) is 7.58. The van der Waals surface area contributed by atoms with E-state index in [-0.39, 0.29) is 27.8 Å². The lowest BCUT2D eigenvalue weighted by Crippen LogP contribution is -2.25. The lowest BCUT2D eigenvalue weighted by Gasteiger charge is -2.13. The Bertz CT molecular complexity index is 1090. The van der Waals surface area contributed by atoms with Crippen molar-refractivity contribution in [2.75, 3.05) is 0 Å². The molecule has 4 radical (unpaired) electrons. The molecule has 4 rings (SSSR count). The van der Waals surface area contributed by atoms with Crippen LogP contribution in [0.15, 0.2) is 59.1 Å². The highest BCUT2D eigenvalue weighted by Gasteiger charge is 2.35. The minimum Gasteiger partial charge on any atom is -0.464 e. The maximum absolute atomic E-state index is 12.8. The number of fused-ring (bicyclic) bond motifs is 1. The number of hydrogen-bond acceptors (Lipinski definition) is 5. The number of imidazole rings is 1. The van der Waals surface area contributed by atoms with Crippen LogP contribution < -0.4 is 0 Å². The number of Topliss-reactive ketones (excluding diaryl/α,β-unsaturated/α-hetero) is 2. The fourth-order valence-electron chi connectivity index (χ4n) is 2.78. The summed E-state index contributed by atoms with van der Waals surface area (Å²) in [4.78, 5) is 40.9. The summed E-state index contributed by atoms with van der Waals surface area (Å²) in [7, 11) is 11.3. The smallest absolute Gasteiger partial charge is 0.236 e. The Morgan fingerprint density at radius 2 is 1.77 bits per heavy atom. The van der Waals surface area contributed by atoms with Crippen LogP contribution in [-0.2, 0) is 4.79 Å². The molecule has 0 aliphatic heterocycles. The van der Waals surface area contributed by atoms with Crippen LogP contribution >= 0.6 is 0 Å². The van der Waals surface area contributed by atoms with Gasteiger partial charge in [0, 0.05) is 23.6 Å². The quantitative estimate of drug-likeness (QED) is 0.410. The molecule has 2 aromatic heterocycles. The normalized spacial score (nSPS) is 13.8. The van der Waals surface area contributed by atoms with E-state index in [0.717, 1.165) is 12.0 Å². The molecule has 0 saturated carbocycles. The highest BCUT2D eigenvalue weighted by Crippen LogP contribution is 2.31. The van der Waals surface area contributed by atoms with Gasteiger partial charge in [0.05, 0.1) is 17.5 Å². The lowest BCUT2D eigenvalue weighted by atomic mass is 9.70. The molecule has 0 fully saturated rings. The van der Waals surface area contributed by atoms with Gasteiger partial charge >= 0.3 is 0 Å². The molecule has 1 aromatic carbocycles. The van der Waals surface area contributed by atoms with Gasteiger partial charge in [-0.15, -0.1) is 0 Å². The van der Waals surface area contributed by atoms with E-state index < -0.39 is 17.3 Å². The molecule has 26 heavy (non-hydrogen) atoms. The second-order valence-corrected chi connectivity index (χ2v) is 5.69. The summed E-state index contributed by atoms with van der Waals surface area (Å²) in [5.41, 5.74) is 0.465. The van der Waals surface area contributed by atoms with Gasteiger partial charge in [0.2, 0.25) is 11.6 Å². The van der Waals surface area contributed by atoms with E-state index >= 15 is 0 Å². The summed E-state index contributed by atoms with van der Waals surface area (Å²) in [6.45, 7) is 0. The molecule has 1 aliphatic rings. The van der Waals surface area contributed by atoms with Crippen molar-refractivity contribution in [3.05, 3.63) is 77.2 Å². The third kappa shape index (κ3) is 2.30. The number of aromatic nitrogens is 2. The molecule has 0 unspecified atom stereocenters. The van der Waals surface area contributed by atoms with Crippen LogP contribution in [0.5, 0.6) is 0 Å². The summed E-state index contributed by atoms with van der Waals surface area (Å²) in [6.07, 6.45) is 6.16. The first kappa shape index (κ1) is 16.1. The van der Waals surface area contributed by atoms with Crippen molar-refractivity contribution in [2.45, 2.75) is 0 Å². The number of rotatable bonds is 3. The van der Waals surface area contributed by atoms with Gasteiger partial charge < -0.3 is 8.98 Å². The van der Waals surface area contributed by atoms with E-state index in [0.29, 0.717) is 5.56 Å². The molecular weight excluding hydrogens is 330 g/mol. The van der Waals surface area contributed by atoms with Crippen LogP contribution in [0.4, 0.5) is 0 Å². The molecule has 0 saturated heterocycles. The Morgan fingerprint density at radius 1 is 1.04 bits per heavy atom. The molecule has 6 nitrogen and oxygen atoms in total. The SMILES string of the molecule is [B]C1=C([B])c2occ(C(=O)c3ccc(-n4ccnc4)cc3)c2C(=O)C1=O. The molecule has 8 heteroatoms. The van der Waals surface area contributed by atoms with Crippen molar-refractivity contribution < 1.29 is 18.8 Å². The van der Waals surface area contributed by atoms with Gasteiger partial charge in [-0.2, -0.15) is 0 Å². The van der Waals surface area contributed by atoms with Crippen molar-refractivity contribution >= 4 is 38.5 Å². The van der Waals surface area contributed by atoms with E-state index in [1.807, 2.05) is 0 Å². The maximum Gasteiger partial charge on any atom is 0.236 e. The van der Waals surface area contributed by atoms with E-state index in [1.165, 1.54) is 0 Å². The van der Waals surface area contributed by atoms with Crippen LogP contribution in [-0.4, -0.2) is 42.6 Å². The van der Waals surface area contributed by atoms with Gasteiger partial charge in [0.1, 0.15) is 27.7 Å². The predicted octanol–water partition coefficient (Wildman–Crippen LogP) is 1.47. The van der Waals surface area contributed by atoms with Gasteiger partial charge in [0.25, 0.3) is 0 Å². The van der Waals surface area contributed by atoms with Crippen molar-refractivity contribution in [3.63, 3.8) is 0 Å². The fourth-order valence-corrected chi connectivity index (χ4v) is 2.78. The van der Waals surface area contributed by atoms with Crippen LogP contribution in [0.25, 0.3) is 11.2 Å². The van der Waals surface area contributed by atoms with E-state index in [4.69, 9.17) is 20.1 Å². The van der Waals surface area contributed by atoms with Gasteiger partial charge in [0.15, 0.2) is 5.78 Å². The minimum atomic E-state index is -0.944. The van der Waals surface area contributed by atoms with Crippen LogP contribution in [0, 0.1) is 0 Å². The zero-order valence-electron chi connectivity index (χ0n) is 13.3. The van der Waals surface area contributed by atoms with Gasteiger partial charge in [-0.1, -0.05) is 5.47 Å². The summed E-state index contributed by atoms with van der Waals surface area (Å²) < 4.78 is 7.03. The van der Waals surface area contributed by atoms with Gasteiger partial charge in [-0.05, 0) is 29.7 Å². The van der Waals surface area contributed by atoms with E-state index in [9.17, 15) is 14.4 Å². The number of furan rings is 1. The zero-order chi connectivity index (χ0) is 18.4.